The summed E-state index contributed by atoms with van der Waals surface area (Å²) in [6.07, 6.45) is 0. The lowest BCUT2D eigenvalue weighted by atomic mass is 10.1. The molecule has 0 unspecified atom stereocenters. The van der Waals surface area contributed by atoms with Gasteiger partial charge in [0.1, 0.15) is 0 Å². The van der Waals surface area contributed by atoms with Crippen molar-refractivity contribution in [2.75, 3.05) is 45.8 Å². The molecule has 0 spiro atoms. The summed E-state index contributed by atoms with van der Waals surface area (Å²) in [6.45, 7) is 17.4. The van der Waals surface area contributed by atoms with Crippen LogP contribution < -0.4 is 5.32 Å². The largest absolute Gasteiger partial charge is 0.316 e. The highest BCUT2D eigenvalue weighted by Gasteiger charge is 2.25. The van der Waals surface area contributed by atoms with Gasteiger partial charge >= 0.3 is 0 Å². The molecular formula is C12H27N3. The van der Waals surface area contributed by atoms with Crippen LogP contribution in [0.3, 0.4) is 0 Å². The second-order valence-corrected chi connectivity index (χ2v) is 5.35. The Kier molecular flexibility index (Phi) is 5.03. The lowest BCUT2D eigenvalue weighted by Crippen LogP contribution is -2.54. The van der Waals surface area contributed by atoms with Crippen molar-refractivity contribution in [1.29, 1.82) is 0 Å². The molecule has 3 nitrogen and oxygen atoms in total. The van der Waals surface area contributed by atoms with Crippen molar-refractivity contribution < 1.29 is 0 Å². The van der Waals surface area contributed by atoms with Gasteiger partial charge in [0, 0.05) is 44.8 Å². The van der Waals surface area contributed by atoms with Crippen molar-refractivity contribution in [3.8, 4) is 0 Å². The number of likely N-dealkylation sites (N-methyl/N-ethyl adjacent to an activating group) is 1. The first-order valence-electron chi connectivity index (χ1n) is 6.22. The minimum Gasteiger partial charge on any atom is -0.316 e. The molecule has 1 rings (SSSR count). The molecule has 0 aromatic heterocycles. The normalized spacial score (nSPS) is 20.8. The Balaban J connectivity index is 2.18. The molecule has 0 radical (unpaired) electrons. The van der Waals surface area contributed by atoms with Gasteiger partial charge in [0.15, 0.2) is 0 Å². The predicted octanol–water partition coefficient (Wildman–Crippen LogP) is 1.01. The van der Waals surface area contributed by atoms with E-state index in [2.05, 4.69) is 42.8 Å². The number of nitrogens with zero attached hydrogens (tertiary/aromatic N) is 2. The maximum atomic E-state index is 3.38. The molecule has 1 fully saturated rings. The van der Waals surface area contributed by atoms with Crippen molar-refractivity contribution in [2.45, 2.75) is 33.2 Å². The fraction of sp³-hybridized carbons (Fsp3) is 1.00. The van der Waals surface area contributed by atoms with Crippen LogP contribution in [0.4, 0.5) is 0 Å². The lowest BCUT2D eigenvalue weighted by molar-refractivity contribution is 0.0629. The topological polar surface area (TPSA) is 18.5 Å². The summed E-state index contributed by atoms with van der Waals surface area (Å²) in [5.41, 5.74) is 0.341. The molecular weight excluding hydrogens is 186 g/mol. The van der Waals surface area contributed by atoms with E-state index < -0.39 is 0 Å². The average Bonchev–Trinajstić information content (AvgIpc) is 2.18. The molecule has 0 atom stereocenters. The van der Waals surface area contributed by atoms with Crippen molar-refractivity contribution >= 4 is 0 Å². The summed E-state index contributed by atoms with van der Waals surface area (Å²) in [6, 6.07) is 0. The van der Waals surface area contributed by atoms with E-state index in [9.17, 15) is 0 Å². The van der Waals surface area contributed by atoms with Crippen LogP contribution in [-0.2, 0) is 0 Å². The maximum absolute atomic E-state index is 3.38. The SMILES string of the molecule is CCNCCN1CCN(C(C)(C)C)CC1. The molecule has 15 heavy (non-hydrogen) atoms. The Morgan fingerprint density at radius 1 is 1.07 bits per heavy atom. The third-order valence-corrected chi connectivity index (χ3v) is 3.18. The van der Waals surface area contributed by atoms with Gasteiger partial charge in [-0.05, 0) is 27.3 Å². The van der Waals surface area contributed by atoms with Gasteiger partial charge in [0.25, 0.3) is 0 Å². The number of hydrogen-bond acceptors (Lipinski definition) is 3. The molecule has 3 heteroatoms. The van der Waals surface area contributed by atoms with Crippen molar-refractivity contribution in [2.24, 2.45) is 0 Å². The molecule has 1 heterocycles. The van der Waals surface area contributed by atoms with E-state index in [1.165, 1.54) is 32.7 Å². The molecule has 1 saturated heterocycles. The molecule has 0 bridgehead atoms. The van der Waals surface area contributed by atoms with E-state index in [0.29, 0.717) is 5.54 Å². The van der Waals surface area contributed by atoms with Gasteiger partial charge in [0.2, 0.25) is 0 Å². The fourth-order valence-corrected chi connectivity index (χ4v) is 2.06. The number of nitrogens with one attached hydrogen (secondary N) is 1. The molecule has 0 aromatic rings. The van der Waals surface area contributed by atoms with E-state index >= 15 is 0 Å². The molecule has 90 valence electrons. The third-order valence-electron chi connectivity index (χ3n) is 3.18. The Hall–Kier alpha value is -0.120. The summed E-state index contributed by atoms with van der Waals surface area (Å²) < 4.78 is 0. The van der Waals surface area contributed by atoms with E-state index in [4.69, 9.17) is 0 Å². The van der Waals surface area contributed by atoms with E-state index in [0.717, 1.165) is 13.1 Å². The van der Waals surface area contributed by atoms with Gasteiger partial charge in [-0.2, -0.15) is 0 Å². The zero-order valence-corrected chi connectivity index (χ0v) is 10.8. The molecule has 0 saturated carbocycles. The quantitative estimate of drug-likeness (QED) is 0.703. The number of rotatable bonds is 4. The van der Waals surface area contributed by atoms with Crippen LogP contribution in [0.5, 0.6) is 0 Å². The van der Waals surface area contributed by atoms with Crippen LogP contribution in [0.2, 0.25) is 0 Å². The van der Waals surface area contributed by atoms with Gasteiger partial charge in [-0.15, -0.1) is 0 Å². The van der Waals surface area contributed by atoms with Crippen LogP contribution in [0, 0.1) is 0 Å². The molecule has 0 aromatic carbocycles. The summed E-state index contributed by atoms with van der Waals surface area (Å²) >= 11 is 0. The highest BCUT2D eigenvalue weighted by Crippen LogP contribution is 2.15. The molecule has 1 aliphatic heterocycles. The minimum atomic E-state index is 0.341. The highest BCUT2D eigenvalue weighted by atomic mass is 15.3. The molecule has 1 aliphatic rings. The van der Waals surface area contributed by atoms with Crippen molar-refractivity contribution in [3.63, 3.8) is 0 Å². The first-order chi connectivity index (χ1) is 7.04. The maximum Gasteiger partial charge on any atom is 0.0126 e. The van der Waals surface area contributed by atoms with Crippen LogP contribution in [0.1, 0.15) is 27.7 Å². The zero-order chi connectivity index (χ0) is 11.3. The number of hydrogen-bond donors (Lipinski definition) is 1. The van der Waals surface area contributed by atoms with Gasteiger partial charge < -0.3 is 5.32 Å². The van der Waals surface area contributed by atoms with Gasteiger partial charge in [0.05, 0.1) is 0 Å². The summed E-state index contributed by atoms with van der Waals surface area (Å²) in [5.74, 6) is 0. The van der Waals surface area contributed by atoms with E-state index in [1.54, 1.807) is 0 Å². The zero-order valence-electron chi connectivity index (χ0n) is 10.8. The Bertz CT molecular complexity index is 166. The monoisotopic (exact) mass is 213 g/mol. The third kappa shape index (κ3) is 4.49. The predicted molar refractivity (Wildman–Crippen MR) is 66.3 cm³/mol. The fourth-order valence-electron chi connectivity index (χ4n) is 2.06. The summed E-state index contributed by atoms with van der Waals surface area (Å²) in [7, 11) is 0. The minimum absolute atomic E-state index is 0.341. The Labute approximate surface area is 94.8 Å². The van der Waals surface area contributed by atoms with Crippen molar-refractivity contribution in [3.05, 3.63) is 0 Å². The van der Waals surface area contributed by atoms with E-state index in [1.807, 2.05) is 0 Å². The molecule has 0 amide bonds. The Morgan fingerprint density at radius 3 is 2.13 bits per heavy atom. The first kappa shape index (κ1) is 12.9. The summed E-state index contributed by atoms with van der Waals surface area (Å²) in [5, 5.41) is 3.38. The Morgan fingerprint density at radius 2 is 1.67 bits per heavy atom. The van der Waals surface area contributed by atoms with Gasteiger partial charge in [-0.25, -0.2) is 0 Å². The second-order valence-electron chi connectivity index (χ2n) is 5.35. The number of piperazine rings is 1. The second kappa shape index (κ2) is 5.83. The van der Waals surface area contributed by atoms with Gasteiger partial charge in [-0.1, -0.05) is 6.92 Å². The smallest absolute Gasteiger partial charge is 0.0126 e. The van der Waals surface area contributed by atoms with Crippen LogP contribution in [0.15, 0.2) is 0 Å². The first-order valence-corrected chi connectivity index (χ1v) is 6.22. The highest BCUT2D eigenvalue weighted by molar-refractivity contribution is 4.81. The van der Waals surface area contributed by atoms with Crippen LogP contribution in [0.25, 0.3) is 0 Å². The lowest BCUT2D eigenvalue weighted by Gasteiger charge is -2.42. The standard InChI is InChI=1S/C12H27N3/c1-5-13-6-7-14-8-10-15(11-9-14)12(2,3)4/h13H,5-11H2,1-4H3. The van der Waals surface area contributed by atoms with Gasteiger partial charge in [-0.3, -0.25) is 9.80 Å². The van der Waals surface area contributed by atoms with E-state index in [-0.39, 0.29) is 0 Å². The summed E-state index contributed by atoms with van der Waals surface area (Å²) in [4.78, 5) is 5.14. The molecule has 0 aliphatic carbocycles. The molecule has 1 N–H and O–H groups in total. The van der Waals surface area contributed by atoms with Crippen LogP contribution >= 0.6 is 0 Å². The van der Waals surface area contributed by atoms with Crippen molar-refractivity contribution in [1.82, 2.24) is 15.1 Å². The van der Waals surface area contributed by atoms with Crippen LogP contribution in [-0.4, -0.2) is 61.2 Å². The average molecular weight is 213 g/mol.